The number of aliphatic hydroxyl groups is 1. The topological polar surface area (TPSA) is 114 Å². The fraction of sp³-hybridized carbons (Fsp3) is 0.375. The molecule has 0 aliphatic heterocycles. The Morgan fingerprint density at radius 3 is 2.21 bits per heavy atom. The molecule has 1 aromatic heterocycles. The van der Waals surface area contributed by atoms with Crippen LogP contribution in [0.4, 0.5) is 8.78 Å². The molecule has 0 saturated heterocycles. The lowest BCUT2D eigenvalue weighted by Crippen LogP contribution is -2.25. The van der Waals surface area contributed by atoms with Crippen molar-refractivity contribution < 1.29 is 38.0 Å². The fourth-order valence-electron chi connectivity index (χ4n) is 5.33. The van der Waals surface area contributed by atoms with Crippen molar-refractivity contribution in [1.29, 1.82) is 0 Å². The van der Waals surface area contributed by atoms with Gasteiger partial charge in [-0.15, -0.1) is 0 Å². The van der Waals surface area contributed by atoms with E-state index in [0.29, 0.717) is 44.8 Å². The third kappa shape index (κ3) is 7.31. The third-order valence-electron chi connectivity index (χ3n) is 7.52. The highest BCUT2D eigenvalue weighted by molar-refractivity contribution is 5.84. The summed E-state index contributed by atoms with van der Waals surface area (Å²) in [7, 11) is 0. The number of benzene rings is 3. The van der Waals surface area contributed by atoms with Gasteiger partial charge in [0.15, 0.2) is 5.82 Å². The number of hydrogen-bond donors (Lipinski definition) is 3. The van der Waals surface area contributed by atoms with Crippen LogP contribution in [0.1, 0.15) is 37.7 Å². The van der Waals surface area contributed by atoms with Gasteiger partial charge in [-0.25, -0.2) is 8.78 Å². The molecule has 1 aliphatic carbocycles. The SMILES string of the molecule is O=C(O)C[C@H]1CC[C@@H](Oc2nc3c(F)c(-c4ccc(-c5ccc(COCCOCCO)cc5)cc4)c(F)cc3[nH]2)CC1. The second-order valence-corrected chi connectivity index (χ2v) is 10.5. The summed E-state index contributed by atoms with van der Waals surface area (Å²) in [6, 6.07) is 16.2. The lowest BCUT2D eigenvalue weighted by atomic mass is 9.85. The fourth-order valence-corrected chi connectivity index (χ4v) is 5.33. The van der Waals surface area contributed by atoms with Crippen molar-refractivity contribution in [2.75, 3.05) is 26.4 Å². The molecule has 5 rings (SSSR count). The van der Waals surface area contributed by atoms with Crippen molar-refractivity contribution in [1.82, 2.24) is 9.97 Å². The molecule has 1 fully saturated rings. The Bertz CT molecular complexity index is 1480. The normalized spacial score (nSPS) is 17.0. The van der Waals surface area contributed by atoms with Crippen LogP contribution in [0.2, 0.25) is 0 Å². The summed E-state index contributed by atoms with van der Waals surface area (Å²) in [5.41, 5.74) is 3.31. The van der Waals surface area contributed by atoms with Gasteiger partial charge in [0.2, 0.25) is 0 Å². The average molecular weight is 581 g/mol. The zero-order chi connectivity index (χ0) is 29.5. The lowest BCUT2D eigenvalue weighted by molar-refractivity contribution is -0.138. The van der Waals surface area contributed by atoms with Crippen LogP contribution in [-0.2, 0) is 20.9 Å². The minimum absolute atomic E-state index is 0.00260. The first kappa shape index (κ1) is 29.6. The van der Waals surface area contributed by atoms with E-state index in [2.05, 4.69) is 9.97 Å². The molecular formula is C32H34F2N2O6. The number of carbonyl (C=O) groups is 1. The van der Waals surface area contributed by atoms with E-state index in [9.17, 15) is 4.79 Å². The summed E-state index contributed by atoms with van der Waals surface area (Å²) in [6.45, 7) is 1.59. The number of aliphatic carboxylic acids is 1. The van der Waals surface area contributed by atoms with E-state index >= 15 is 8.78 Å². The molecule has 0 unspecified atom stereocenters. The van der Waals surface area contributed by atoms with E-state index in [1.807, 2.05) is 36.4 Å². The summed E-state index contributed by atoms with van der Waals surface area (Å²) in [5, 5.41) is 17.7. The number of H-pyrrole nitrogens is 1. The predicted octanol–water partition coefficient (Wildman–Crippen LogP) is 6.11. The van der Waals surface area contributed by atoms with Gasteiger partial charge in [0.05, 0.1) is 44.1 Å². The molecule has 1 saturated carbocycles. The Labute approximate surface area is 242 Å². The lowest BCUT2D eigenvalue weighted by Gasteiger charge is -2.27. The first-order valence-corrected chi connectivity index (χ1v) is 14.1. The number of aromatic nitrogens is 2. The first-order valence-electron chi connectivity index (χ1n) is 14.1. The number of rotatable bonds is 13. The molecule has 3 aromatic carbocycles. The maximum Gasteiger partial charge on any atom is 0.303 e. The average Bonchev–Trinajstić information content (AvgIpc) is 3.39. The zero-order valence-electron chi connectivity index (χ0n) is 23.2. The molecule has 1 aliphatic rings. The quantitative estimate of drug-likeness (QED) is 0.164. The van der Waals surface area contributed by atoms with Gasteiger partial charge >= 0.3 is 5.97 Å². The van der Waals surface area contributed by atoms with Gasteiger partial charge in [-0.05, 0) is 53.9 Å². The number of nitrogens with one attached hydrogen (secondary N) is 1. The summed E-state index contributed by atoms with van der Waals surface area (Å²) < 4.78 is 47.4. The Kier molecular flexibility index (Phi) is 9.78. The highest BCUT2D eigenvalue weighted by Gasteiger charge is 2.26. The number of imidazole rings is 1. The van der Waals surface area contributed by atoms with Crippen molar-refractivity contribution in [2.45, 2.75) is 44.8 Å². The molecule has 8 nitrogen and oxygen atoms in total. The van der Waals surface area contributed by atoms with Crippen molar-refractivity contribution in [3.05, 3.63) is 71.8 Å². The molecular weight excluding hydrogens is 546 g/mol. The van der Waals surface area contributed by atoms with Crippen LogP contribution in [-0.4, -0.2) is 58.7 Å². The van der Waals surface area contributed by atoms with Crippen LogP contribution in [0.25, 0.3) is 33.3 Å². The molecule has 3 N–H and O–H groups in total. The smallest absolute Gasteiger partial charge is 0.303 e. The number of fused-ring (bicyclic) bond motifs is 1. The van der Waals surface area contributed by atoms with Gasteiger partial charge in [-0.2, -0.15) is 4.98 Å². The van der Waals surface area contributed by atoms with Crippen LogP contribution >= 0.6 is 0 Å². The van der Waals surface area contributed by atoms with Gasteiger partial charge in [-0.1, -0.05) is 48.5 Å². The van der Waals surface area contributed by atoms with Crippen LogP contribution in [0.3, 0.4) is 0 Å². The minimum Gasteiger partial charge on any atom is -0.481 e. The Morgan fingerprint density at radius 1 is 0.905 bits per heavy atom. The van der Waals surface area contributed by atoms with Crippen molar-refractivity contribution in [2.24, 2.45) is 5.92 Å². The van der Waals surface area contributed by atoms with Crippen LogP contribution in [0, 0.1) is 17.6 Å². The third-order valence-corrected chi connectivity index (χ3v) is 7.52. The van der Waals surface area contributed by atoms with Gasteiger partial charge in [0, 0.05) is 12.5 Å². The minimum atomic E-state index is -0.797. The highest BCUT2D eigenvalue weighted by atomic mass is 19.1. The maximum atomic E-state index is 15.6. The van der Waals surface area contributed by atoms with Gasteiger partial charge in [0.25, 0.3) is 6.01 Å². The summed E-state index contributed by atoms with van der Waals surface area (Å²) in [5.74, 6) is -2.14. The number of halogens is 2. The number of carboxylic acids is 1. The van der Waals surface area contributed by atoms with Gasteiger partial charge < -0.3 is 29.4 Å². The second kappa shape index (κ2) is 13.9. The maximum absolute atomic E-state index is 15.6. The van der Waals surface area contributed by atoms with E-state index in [1.54, 1.807) is 12.1 Å². The number of nitrogens with zero attached hydrogens (tertiary/aromatic N) is 1. The van der Waals surface area contributed by atoms with Crippen molar-refractivity contribution in [3.8, 4) is 28.3 Å². The summed E-state index contributed by atoms with van der Waals surface area (Å²) in [6.07, 6.45) is 2.83. The number of carboxylic acid groups (broad SMARTS) is 1. The molecule has 42 heavy (non-hydrogen) atoms. The molecule has 10 heteroatoms. The number of hydrogen-bond acceptors (Lipinski definition) is 6. The largest absolute Gasteiger partial charge is 0.481 e. The Hall–Kier alpha value is -3.86. The molecule has 222 valence electrons. The molecule has 0 bridgehead atoms. The van der Waals surface area contributed by atoms with Crippen molar-refractivity contribution >= 4 is 17.0 Å². The van der Waals surface area contributed by atoms with Crippen LogP contribution in [0.15, 0.2) is 54.6 Å². The highest BCUT2D eigenvalue weighted by Crippen LogP contribution is 2.34. The van der Waals surface area contributed by atoms with Crippen LogP contribution < -0.4 is 4.74 Å². The van der Waals surface area contributed by atoms with Crippen LogP contribution in [0.5, 0.6) is 6.01 Å². The molecule has 0 radical (unpaired) electrons. The second-order valence-electron chi connectivity index (χ2n) is 10.5. The van der Waals surface area contributed by atoms with Gasteiger partial charge in [-0.3, -0.25) is 4.79 Å². The summed E-state index contributed by atoms with van der Waals surface area (Å²) >= 11 is 0. The molecule has 1 heterocycles. The van der Waals surface area contributed by atoms with Gasteiger partial charge in [0.1, 0.15) is 17.4 Å². The zero-order valence-corrected chi connectivity index (χ0v) is 23.2. The number of aromatic amines is 1. The monoisotopic (exact) mass is 580 g/mol. The standard InChI is InChI=1S/C32H34F2N2O6/c33-26-18-27-31(36-32(35-27)42-25-11-3-20(4-12-25)17-28(38)39)30(34)29(26)24-9-7-23(8-10-24)22-5-1-21(2-6-22)19-41-16-15-40-14-13-37/h1-2,5-10,18,20,25,37H,3-4,11-17,19H2,(H,35,36)(H,38,39)/t20-,25+. The molecule has 0 atom stereocenters. The van der Waals surface area contributed by atoms with E-state index in [1.165, 1.54) is 6.07 Å². The molecule has 0 amide bonds. The Morgan fingerprint density at radius 2 is 1.55 bits per heavy atom. The number of ether oxygens (including phenoxy) is 3. The van der Waals surface area contributed by atoms with E-state index in [-0.39, 0.29) is 47.7 Å². The first-order chi connectivity index (χ1) is 20.4. The van der Waals surface area contributed by atoms with Crippen molar-refractivity contribution in [3.63, 3.8) is 0 Å². The number of aliphatic hydroxyl groups excluding tert-OH is 1. The molecule has 0 spiro atoms. The molecule has 4 aromatic rings. The van der Waals surface area contributed by atoms with E-state index in [0.717, 1.165) is 29.5 Å². The predicted molar refractivity (Wildman–Crippen MR) is 153 cm³/mol. The van der Waals surface area contributed by atoms with E-state index in [4.69, 9.17) is 24.4 Å². The summed E-state index contributed by atoms with van der Waals surface area (Å²) in [4.78, 5) is 18.1. The van der Waals surface area contributed by atoms with E-state index < -0.39 is 17.6 Å². The Balaban J connectivity index is 1.23.